The van der Waals surface area contributed by atoms with Gasteiger partial charge in [0.25, 0.3) is 0 Å². The summed E-state index contributed by atoms with van der Waals surface area (Å²) in [5.41, 5.74) is 0. The molecule has 0 radical (unpaired) electrons. The molecule has 0 saturated carbocycles. The average molecular weight is 251 g/mol. The largest absolute Gasteiger partial charge is 0.478 e. The monoisotopic (exact) mass is 251 g/mol. The van der Waals surface area contributed by atoms with Crippen molar-refractivity contribution < 1.29 is 38.9 Å². The van der Waals surface area contributed by atoms with E-state index in [1.807, 2.05) is 0 Å². The van der Waals surface area contributed by atoms with Crippen LogP contribution in [0.4, 0.5) is 0 Å². The summed E-state index contributed by atoms with van der Waals surface area (Å²) >= 11 is 0. The molecule has 0 bridgehead atoms. The molecule has 0 amide bonds. The first-order valence-corrected chi connectivity index (χ1v) is 4.05. The quantitative estimate of drug-likeness (QED) is 0.529. The van der Waals surface area contributed by atoms with Crippen molar-refractivity contribution in [3.8, 4) is 0 Å². The molecule has 0 aromatic rings. The van der Waals surface area contributed by atoms with E-state index in [1.165, 1.54) is 0 Å². The third-order valence-corrected chi connectivity index (χ3v) is 1.35. The Balaban J connectivity index is 0. The van der Waals surface area contributed by atoms with Crippen molar-refractivity contribution in [2.75, 3.05) is 0 Å². The fourth-order valence-electron chi connectivity index (χ4n) is 0.841. The number of carboxylic acid groups (broad SMARTS) is 2. The van der Waals surface area contributed by atoms with Gasteiger partial charge in [0.1, 0.15) is 0 Å². The molecule has 17 heavy (non-hydrogen) atoms. The van der Waals surface area contributed by atoms with Gasteiger partial charge in [-0.2, -0.15) is 0 Å². The van der Waals surface area contributed by atoms with Crippen molar-refractivity contribution in [3.63, 3.8) is 0 Å². The zero-order valence-corrected chi connectivity index (χ0v) is 9.21. The number of hydrogen-bond donors (Lipinski definition) is 3. The maximum atomic E-state index is 10.6. The van der Waals surface area contributed by atoms with E-state index in [0.717, 1.165) is 13.8 Å². The molecular weight excluding hydrogens is 238 g/mol. The van der Waals surface area contributed by atoms with Crippen LogP contribution in [-0.2, 0) is 28.7 Å². The molecule has 0 aliphatic rings. The SMILES string of the molecule is CC(=O)OC(C(=O)O)C(OC(C)=O)C(=O)O.N. The average Bonchev–Trinajstić information content (AvgIpc) is 2.09. The van der Waals surface area contributed by atoms with E-state index in [9.17, 15) is 19.2 Å². The van der Waals surface area contributed by atoms with Crippen LogP contribution < -0.4 is 6.15 Å². The summed E-state index contributed by atoms with van der Waals surface area (Å²) in [6, 6.07) is 0. The van der Waals surface area contributed by atoms with Gasteiger partial charge in [0.2, 0.25) is 12.2 Å². The van der Waals surface area contributed by atoms with Crippen LogP contribution in [0.2, 0.25) is 0 Å². The van der Waals surface area contributed by atoms with Crippen molar-refractivity contribution in [2.24, 2.45) is 0 Å². The standard InChI is InChI=1S/C8H10O8.H3N/c1-3(9)15-5(7(11)12)6(8(13)14)16-4(2)10;/h5-6H,1-2H3,(H,11,12)(H,13,14);1H3. The van der Waals surface area contributed by atoms with E-state index in [-0.39, 0.29) is 6.15 Å². The molecular formula is C8H13NO8. The summed E-state index contributed by atoms with van der Waals surface area (Å²) in [5.74, 6) is -5.43. The summed E-state index contributed by atoms with van der Waals surface area (Å²) in [7, 11) is 0. The first-order chi connectivity index (χ1) is 7.25. The van der Waals surface area contributed by atoms with Crippen LogP contribution in [0.15, 0.2) is 0 Å². The Morgan fingerprint density at radius 2 is 1.06 bits per heavy atom. The summed E-state index contributed by atoms with van der Waals surface area (Å²) < 4.78 is 8.48. The van der Waals surface area contributed by atoms with Gasteiger partial charge in [-0.1, -0.05) is 0 Å². The molecule has 5 N–H and O–H groups in total. The summed E-state index contributed by atoms with van der Waals surface area (Å²) in [6.07, 6.45) is -4.14. The molecule has 0 fully saturated rings. The Bertz CT molecular complexity index is 293. The minimum Gasteiger partial charge on any atom is -0.478 e. The number of carboxylic acids is 2. The molecule has 0 heterocycles. The van der Waals surface area contributed by atoms with E-state index in [2.05, 4.69) is 9.47 Å². The Kier molecular flexibility index (Phi) is 7.27. The fourth-order valence-corrected chi connectivity index (χ4v) is 0.841. The lowest BCUT2D eigenvalue weighted by molar-refractivity contribution is -0.185. The van der Waals surface area contributed by atoms with Gasteiger partial charge >= 0.3 is 23.9 Å². The van der Waals surface area contributed by atoms with Crippen LogP contribution in [0, 0.1) is 0 Å². The van der Waals surface area contributed by atoms with Crippen molar-refractivity contribution in [3.05, 3.63) is 0 Å². The third-order valence-electron chi connectivity index (χ3n) is 1.35. The lowest BCUT2D eigenvalue weighted by Gasteiger charge is -2.19. The zero-order chi connectivity index (χ0) is 12.9. The van der Waals surface area contributed by atoms with Crippen LogP contribution in [0.3, 0.4) is 0 Å². The van der Waals surface area contributed by atoms with Gasteiger partial charge in [-0.05, 0) is 0 Å². The highest BCUT2D eigenvalue weighted by Crippen LogP contribution is 2.07. The first kappa shape index (κ1) is 17.2. The number of carbonyl (C=O) groups is 4. The van der Waals surface area contributed by atoms with E-state index in [0.29, 0.717) is 0 Å². The number of aliphatic carboxylic acids is 2. The van der Waals surface area contributed by atoms with Crippen LogP contribution in [0.1, 0.15) is 13.8 Å². The smallest absolute Gasteiger partial charge is 0.349 e. The fraction of sp³-hybridized carbons (Fsp3) is 0.500. The Hall–Kier alpha value is -2.16. The normalized spacial score (nSPS) is 12.6. The highest BCUT2D eigenvalue weighted by Gasteiger charge is 2.39. The molecule has 0 aromatic heterocycles. The van der Waals surface area contributed by atoms with E-state index < -0.39 is 36.1 Å². The molecule has 98 valence electrons. The zero-order valence-electron chi connectivity index (χ0n) is 9.21. The van der Waals surface area contributed by atoms with Crippen LogP contribution >= 0.6 is 0 Å². The van der Waals surface area contributed by atoms with E-state index in [4.69, 9.17) is 10.2 Å². The number of hydrogen-bond acceptors (Lipinski definition) is 7. The minimum atomic E-state index is -2.07. The van der Waals surface area contributed by atoms with Gasteiger partial charge in [0.05, 0.1) is 0 Å². The second-order valence-corrected chi connectivity index (χ2v) is 2.74. The number of esters is 2. The number of carbonyl (C=O) groups excluding carboxylic acids is 2. The molecule has 0 aliphatic carbocycles. The summed E-state index contributed by atoms with van der Waals surface area (Å²) in [6.45, 7) is 1.81. The van der Waals surface area contributed by atoms with Crippen LogP contribution in [0.25, 0.3) is 0 Å². The second-order valence-electron chi connectivity index (χ2n) is 2.74. The van der Waals surface area contributed by atoms with Crippen molar-refractivity contribution in [1.82, 2.24) is 6.15 Å². The molecule has 2 atom stereocenters. The van der Waals surface area contributed by atoms with E-state index >= 15 is 0 Å². The molecule has 0 saturated heterocycles. The molecule has 2 unspecified atom stereocenters. The van der Waals surface area contributed by atoms with Crippen molar-refractivity contribution in [2.45, 2.75) is 26.1 Å². The van der Waals surface area contributed by atoms with Gasteiger partial charge in [0, 0.05) is 13.8 Å². The Labute approximate surface area is 95.9 Å². The van der Waals surface area contributed by atoms with E-state index in [1.54, 1.807) is 0 Å². The van der Waals surface area contributed by atoms with Gasteiger partial charge < -0.3 is 25.8 Å². The highest BCUT2D eigenvalue weighted by molar-refractivity contribution is 5.87. The van der Waals surface area contributed by atoms with Gasteiger partial charge in [0.15, 0.2) is 0 Å². The minimum absolute atomic E-state index is 0. The maximum absolute atomic E-state index is 10.6. The highest BCUT2D eigenvalue weighted by atomic mass is 16.6. The molecule has 0 rings (SSSR count). The van der Waals surface area contributed by atoms with Crippen molar-refractivity contribution >= 4 is 23.9 Å². The Morgan fingerprint density at radius 1 is 0.824 bits per heavy atom. The van der Waals surface area contributed by atoms with Gasteiger partial charge in [-0.25, -0.2) is 9.59 Å². The van der Waals surface area contributed by atoms with Crippen molar-refractivity contribution in [1.29, 1.82) is 0 Å². The first-order valence-electron chi connectivity index (χ1n) is 4.05. The lowest BCUT2D eigenvalue weighted by Crippen LogP contribution is -2.45. The molecule has 0 aromatic carbocycles. The predicted octanol–water partition coefficient (Wildman–Crippen LogP) is -0.819. The predicted molar refractivity (Wildman–Crippen MR) is 51.4 cm³/mol. The Morgan fingerprint density at radius 3 is 1.18 bits per heavy atom. The molecule has 9 heteroatoms. The molecule has 9 nitrogen and oxygen atoms in total. The number of ether oxygens (including phenoxy) is 2. The number of rotatable bonds is 5. The third kappa shape index (κ3) is 6.10. The molecule has 0 aliphatic heterocycles. The summed E-state index contributed by atoms with van der Waals surface area (Å²) in [5, 5.41) is 17.2. The van der Waals surface area contributed by atoms with Crippen LogP contribution in [-0.4, -0.2) is 46.3 Å². The topological polar surface area (TPSA) is 162 Å². The molecule has 0 spiro atoms. The van der Waals surface area contributed by atoms with Crippen LogP contribution in [0.5, 0.6) is 0 Å². The van der Waals surface area contributed by atoms with Gasteiger partial charge in [-0.3, -0.25) is 9.59 Å². The lowest BCUT2D eigenvalue weighted by atomic mass is 10.2. The summed E-state index contributed by atoms with van der Waals surface area (Å²) in [4.78, 5) is 42.4. The second kappa shape index (κ2) is 7.17. The maximum Gasteiger partial charge on any atom is 0.349 e. The van der Waals surface area contributed by atoms with Gasteiger partial charge in [-0.15, -0.1) is 0 Å².